The molecule has 0 aromatic carbocycles. The fourth-order valence-electron chi connectivity index (χ4n) is 5.35. The van der Waals surface area contributed by atoms with Gasteiger partial charge in [0, 0.05) is 0 Å². The van der Waals surface area contributed by atoms with E-state index in [0.29, 0.717) is 0 Å². The summed E-state index contributed by atoms with van der Waals surface area (Å²) in [6, 6.07) is 0. The van der Waals surface area contributed by atoms with Crippen molar-refractivity contribution in [1.29, 1.82) is 0 Å². The second-order valence-corrected chi connectivity index (χ2v) is 11.4. The van der Waals surface area contributed by atoms with Crippen LogP contribution in [0.15, 0.2) is 24.8 Å². The first-order chi connectivity index (χ1) is 16.7. The number of hydrogen-bond donors (Lipinski definition) is 0. The Labute approximate surface area is 217 Å². The van der Waals surface area contributed by atoms with E-state index in [4.69, 9.17) is 0 Å². The maximum absolute atomic E-state index is 4.00. The van der Waals surface area contributed by atoms with Gasteiger partial charge in [-0.2, -0.15) is 0 Å². The van der Waals surface area contributed by atoms with Crippen molar-refractivity contribution in [3.05, 3.63) is 24.8 Å². The summed E-state index contributed by atoms with van der Waals surface area (Å²) in [4.78, 5) is 0. The Morgan fingerprint density at radius 1 is 0.529 bits per heavy atom. The molecule has 1 unspecified atom stereocenters. The van der Waals surface area contributed by atoms with Gasteiger partial charge in [-0.15, -0.1) is 13.2 Å². The fraction of sp³-hybridized carbons (Fsp3) is 0.882. The molecule has 0 aliphatic carbocycles. The van der Waals surface area contributed by atoms with Gasteiger partial charge in [0.15, 0.2) is 0 Å². The third-order valence-electron chi connectivity index (χ3n) is 7.70. The van der Waals surface area contributed by atoms with E-state index in [9.17, 15) is 0 Å². The van der Waals surface area contributed by atoms with Crippen molar-refractivity contribution in [2.75, 3.05) is 0 Å². The van der Waals surface area contributed by atoms with Gasteiger partial charge in [-0.25, -0.2) is 0 Å². The second kappa shape index (κ2) is 28.7. The van der Waals surface area contributed by atoms with Crippen LogP contribution in [0, 0.1) is 5.92 Å². The highest BCUT2D eigenvalue weighted by Crippen LogP contribution is 2.25. The molecule has 0 saturated heterocycles. The summed E-state index contributed by atoms with van der Waals surface area (Å²) in [5, 5.41) is 0. The van der Waals surface area contributed by atoms with Crippen molar-refractivity contribution in [3.63, 3.8) is 0 Å². The molecule has 0 N–H and O–H groups in total. The zero-order chi connectivity index (χ0) is 25.0. The van der Waals surface area contributed by atoms with Crippen LogP contribution in [0.2, 0.25) is 0 Å². The van der Waals surface area contributed by atoms with Crippen LogP contribution in [0.4, 0.5) is 0 Å². The average molecular weight is 475 g/mol. The molecule has 0 aliphatic heterocycles. The molecular formula is C34H66. The van der Waals surface area contributed by atoms with E-state index >= 15 is 0 Å². The first kappa shape index (κ1) is 33.5. The molecule has 0 fully saturated rings. The molecule has 0 radical (unpaired) electrons. The predicted octanol–water partition coefficient (Wildman–Crippen LogP) is 12.9. The normalized spacial score (nSPS) is 12.2. The Kier molecular flexibility index (Phi) is 28.3. The minimum Gasteiger partial charge on any atom is -0.103 e. The van der Waals surface area contributed by atoms with E-state index < -0.39 is 0 Å². The van der Waals surface area contributed by atoms with Crippen LogP contribution in [-0.2, 0) is 0 Å². The topological polar surface area (TPSA) is 0 Å². The van der Waals surface area contributed by atoms with Crippen molar-refractivity contribution in [2.45, 2.75) is 187 Å². The minimum atomic E-state index is 1.01. The molecule has 0 spiro atoms. The van der Waals surface area contributed by atoms with E-state index in [1.807, 2.05) is 0 Å². The van der Waals surface area contributed by atoms with Gasteiger partial charge in [0.2, 0.25) is 0 Å². The van der Waals surface area contributed by atoms with Crippen molar-refractivity contribution < 1.29 is 0 Å². The maximum atomic E-state index is 4.00. The molecule has 0 heteroatoms. The summed E-state index contributed by atoms with van der Waals surface area (Å²) in [6.45, 7) is 12.3. The third-order valence-corrected chi connectivity index (χ3v) is 7.70. The SMILES string of the molecule is C=CCCCCCC(CCCCCCCCC)CCCCCCCCCCCCCCC(=C)C. The van der Waals surface area contributed by atoms with Crippen LogP contribution >= 0.6 is 0 Å². The molecule has 0 aliphatic rings. The third kappa shape index (κ3) is 27.7. The van der Waals surface area contributed by atoms with Crippen molar-refractivity contribution >= 4 is 0 Å². The van der Waals surface area contributed by atoms with Crippen LogP contribution in [0.5, 0.6) is 0 Å². The largest absolute Gasteiger partial charge is 0.103 e. The lowest BCUT2D eigenvalue weighted by molar-refractivity contribution is 0.366. The van der Waals surface area contributed by atoms with Gasteiger partial charge >= 0.3 is 0 Å². The van der Waals surface area contributed by atoms with E-state index in [1.165, 1.54) is 179 Å². The Bertz CT molecular complexity index is 406. The molecule has 0 bridgehead atoms. The molecule has 0 aromatic heterocycles. The molecule has 202 valence electrons. The highest BCUT2D eigenvalue weighted by molar-refractivity contribution is 4.86. The van der Waals surface area contributed by atoms with Crippen molar-refractivity contribution in [1.82, 2.24) is 0 Å². The van der Waals surface area contributed by atoms with E-state index in [-0.39, 0.29) is 0 Å². The summed E-state index contributed by atoms with van der Waals surface area (Å²) >= 11 is 0. The average Bonchev–Trinajstić information content (AvgIpc) is 2.82. The summed E-state index contributed by atoms with van der Waals surface area (Å²) in [7, 11) is 0. The second-order valence-electron chi connectivity index (χ2n) is 11.4. The standard InChI is InChI=1S/C34H66/c1-5-7-9-11-18-23-27-31-34(30-26-21-10-8-6-2)32-28-24-20-17-15-13-12-14-16-19-22-25-29-33(3)4/h6,34H,2-3,5,7-32H2,1,4H3. The Balaban J connectivity index is 3.67. The highest BCUT2D eigenvalue weighted by Gasteiger charge is 2.08. The van der Waals surface area contributed by atoms with Crippen molar-refractivity contribution in [2.24, 2.45) is 5.92 Å². The van der Waals surface area contributed by atoms with Gasteiger partial charge in [0.05, 0.1) is 0 Å². The first-order valence-electron chi connectivity index (χ1n) is 16.0. The molecule has 34 heavy (non-hydrogen) atoms. The lowest BCUT2D eigenvalue weighted by Gasteiger charge is -2.17. The lowest BCUT2D eigenvalue weighted by Crippen LogP contribution is -2.01. The Hall–Kier alpha value is -0.520. The van der Waals surface area contributed by atoms with E-state index in [1.54, 1.807) is 0 Å². The Morgan fingerprint density at radius 2 is 0.882 bits per heavy atom. The van der Waals surface area contributed by atoms with Gasteiger partial charge in [-0.05, 0) is 38.5 Å². The molecule has 1 atom stereocenters. The monoisotopic (exact) mass is 475 g/mol. The van der Waals surface area contributed by atoms with E-state index in [0.717, 1.165) is 5.92 Å². The molecule has 0 aromatic rings. The van der Waals surface area contributed by atoms with Gasteiger partial charge in [-0.1, -0.05) is 166 Å². The van der Waals surface area contributed by atoms with Gasteiger partial charge in [0.25, 0.3) is 0 Å². The summed E-state index contributed by atoms with van der Waals surface area (Å²) in [6.07, 6.45) is 40.8. The summed E-state index contributed by atoms with van der Waals surface area (Å²) < 4.78 is 0. The molecule has 0 rings (SSSR count). The molecular weight excluding hydrogens is 408 g/mol. The van der Waals surface area contributed by atoms with Gasteiger partial charge in [0.1, 0.15) is 0 Å². The zero-order valence-electron chi connectivity index (χ0n) is 24.2. The van der Waals surface area contributed by atoms with E-state index in [2.05, 4.69) is 33.1 Å². The number of unbranched alkanes of at least 4 members (excludes halogenated alkanes) is 20. The molecule has 0 heterocycles. The minimum absolute atomic E-state index is 1.01. The quantitative estimate of drug-likeness (QED) is 0.0746. The highest BCUT2D eigenvalue weighted by atomic mass is 14.1. The number of rotatable bonds is 29. The molecule has 0 saturated carbocycles. The van der Waals surface area contributed by atoms with Gasteiger partial charge < -0.3 is 0 Å². The zero-order valence-corrected chi connectivity index (χ0v) is 24.2. The number of allylic oxidation sites excluding steroid dienone is 2. The van der Waals surface area contributed by atoms with Crippen molar-refractivity contribution in [3.8, 4) is 0 Å². The van der Waals surface area contributed by atoms with Crippen LogP contribution in [0.3, 0.4) is 0 Å². The Morgan fingerprint density at radius 3 is 1.26 bits per heavy atom. The molecule has 0 nitrogen and oxygen atoms in total. The summed E-state index contributed by atoms with van der Waals surface area (Å²) in [5.74, 6) is 1.01. The molecule has 0 amide bonds. The van der Waals surface area contributed by atoms with Gasteiger partial charge in [-0.3, -0.25) is 0 Å². The van der Waals surface area contributed by atoms with Crippen LogP contribution in [-0.4, -0.2) is 0 Å². The first-order valence-corrected chi connectivity index (χ1v) is 16.0. The number of hydrogen-bond acceptors (Lipinski definition) is 0. The van der Waals surface area contributed by atoms with Crippen LogP contribution in [0.1, 0.15) is 187 Å². The van der Waals surface area contributed by atoms with Crippen LogP contribution in [0.25, 0.3) is 0 Å². The summed E-state index contributed by atoms with van der Waals surface area (Å²) in [5.41, 5.74) is 1.35. The fourth-order valence-corrected chi connectivity index (χ4v) is 5.35. The lowest BCUT2D eigenvalue weighted by atomic mass is 9.89. The maximum Gasteiger partial charge on any atom is -0.0326 e. The van der Waals surface area contributed by atoms with Crippen LogP contribution < -0.4 is 0 Å². The predicted molar refractivity (Wildman–Crippen MR) is 159 cm³/mol. The smallest absolute Gasteiger partial charge is 0.0326 e.